The molecule has 0 bridgehead atoms. The van der Waals surface area contributed by atoms with Gasteiger partial charge < -0.3 is 0 Å². The Hall–Kier alpha value is -7.04. The Morgan fingerprint density at radius 1 is 0.481 bits per heavy atom. The number of imidazole rings is 1. The molecule has 54 heavy (non-hydrogen) atoms. The van der Waals surface area contributed by atoms with Gasteiger partial charge in [-0.15, -0.1) is 0 Å². The van der Waals surface area contributed by atoms with Crippen LogP contribution in [0.15, 0.2) is 207 Å². The molecule has 0 radical (unpaired) electrons. The molecule has 4 nitrogen and oxygen atoms in total. The topological polar surface area (TPSA) is 26.6 Å². The zero-order valence-corrected chi connectivity index (χ0v) is 29.9. The van der Waals surface area contributed by atoms with Crippen molar-refractivity contribution in [2.75, 3.05) is 0 Å². The number of hydrogen-bond donors (Lipinski definition) is 0. The van der Waals surface area contributed by atoms with E-state index in [0.717, 1.165) is 39.3 Å². The third kappa shape index (κ3) is 4.99. The van der Waals surface area contributed by atoms with Gasteiger partial charge in [0, 0.05) is 17.0 Å². The van der Waals surface area contributed by atoms with Crippen molar-refractivity contribution in [3.8, 4) is 17.2 Å². The summed E-state index contributed by atoms with van der Waals surface area (Å²) in [5.74, 6) is 0.913. The fourth-order valence-corrected chi connectivity index (χ4v) is 8.47. The molecule has 10 rings (SSSR count). The summed E-state index contributed by atoms with van der Waals surface area (Å²) in [6, 6.07) is 70.2. The van der Waals surface area contributed by atoms with Gasteiger partial charge in [0.2, 0.25) is 0 Å². The summed E-state index contributed by atoms with van der Waals surface area (Å²) in [5, 5.41) is 2.41. The number of aromatic nitrogens is 4. The highest BCUT2D eigenvalue weighted by Gasteiger charge is 2.39. The number of pyridine rings is 1. The summed E-state index contributed by atoms with van der Waals surface area (Å²) in [4.78, 5) is 4.90. The van der Waals surface area contributed by atoms with Crippen LogP contribution in [0.1, 0.15) is 27.8 Å². The van der Waals surface area contributed by atoms with Crippen molar-refractivity contribution in [3.63, 3.8) is 0 Å². The van der Waals surface area contributed by atoms with Gasteiger partial charge in [0.25, 0.3) is 6.33 Å². The summed E-state index contributed by atoms with van der Waals surface area (Å²) < 4.78 is 6.92. The molecular weight excluding hydrogens is 657 g/mol. The predicted octanol–water partition coefficient (Wildman–Crippen LogP) is 11.1. The van der Waals surface area contributed by atoms with Gasteiger partial charge in [0.05, 0.1) is 16.4 Å². The first-order chi connectivity index (χ1) is 26.7. The van der Waals surface area contributed by atoms with Crippen molar-refractivity contribution in [3.05, 3.63) is 234 Å². The maximum atomic E-state index is 4.90. The van der Waals surface area contributed by atoms with Crippen LogP contribution in [0.4, 0.5) is 0 Å². The van der Waals surface area contributed by atoms with E-state index in [2.05, 4.69) is 221 Å². The molecule has 7 aromatic carbocycles. The van der Waals surface area contributed by atoms with E-state index in [9.17, 15) is 0 Å². The first-order valence-electron chi connectivity index (χ1n) is 18.5. The molecule has 0 spiro atoms. The summed E-state index contributed by atoms with van der Waals surface area (Å²) in [6.45, 7) is 2.13. The maximum absolute atomic E-state index is 4.90. The van der Waals surface area contributed by atoms with Crippen LogP contribution >= 0.6 is 0 Å². The number of hydrogen-bond acceptors (Lipinski definition) is 1. The number of aryl methyl sites for hydroxylation is 1. The van der Waals surface area contributed by atoms with Crippen LogP contribution in [0.25, 0.3) is 50.0 Å². The van der Waals surface area contributed by atoms with Crippen LogP contribution in [0.3, 0.4) is 0 Å². The van der Waals surface area contributed by atoms with Gasteiger partial charge in [-0.3, -0.25) is 4.57 Å². The molecule has 0 aliphatic rings. The summed E-state index contributed by atoms with van der Waals surface area (Å²) in [6.07, 6.45) is 4.12. The molecular formula is C50H37N4+. The summed E-state index contributed by atoms with van der Waals surface area (Å²) >= 11 is 0. The van der Waals surface area contributed by atoms with Gasteiger partial charge >= 0.3 is 0 Å². The van der Waals surface area contributed by atoms with Gasteiger partial charge in [-0.2, -0.15) is 9.13 Å². The Balaban J connectivity index is 1.28. The molecule has 3 heterocycles. The van der Waals surface area contributed by atoms with Crippen molar-refractivity contribution in [1.29, 1.82) is 0 Å². The molecule has 0 aliphatic carbocycles. The first-order valence-corrected chi connectivity index (χ1v) is 18.5. The Morgan fingerprint density at radius 2 is 1.09 bits per heavy atom. The largest absolute Gasteiger partial charge is 0.294 e. The lowest BCUT2D eigenvalue weighted by Crippen LogP contribution is -2.31. The first kappa shape index (κ1) is 31.7. The quantitative estimate of drug-likeness (QED) is 0.121. The average molecular weight is 694 g/mol. The van der Waals surface area contributed by atoms with Gasteiger partial charge in [-0.25, -0.2) is 4.98 Å². The molecule has 0 N–H and O–H groups in total. The van der Waals surface area contributed by atoms with Crippen LogP contribution < -0.4 is 4.57 Å². The van der Waals surface area contributed by atoms with Gasteiger partial charge in [0.15, 0.2) is 11.0 Å². The van der Waals surface area contributed by atoms with Crippen LogP contribution in [-0.2, 0) is 5.41 Å². The fourth-order valence-electron chi connectivity index (χ4n) is 8.47. The zero-order valence-electron chi connectivity index (χ0n) is 29.9. The molecule has 0 amide bonds. The molecule has 0 fully saturated rings. The van der Waals surface area contributed by atoms with E-state index in [0.29, 0.717) is 0 Å². The van der Waals surface area contributed by atoms with Gasteiger partial charge in [0.1, 0.15) is 17.2 Å². The smallest absolute Gasteiger partial charge is 0.255 e. The van der Waals surface area contributed by atoms with E-state index in [1.54, 1.807) is 0 Å². The highest BCUT2D eigenvalue weighted by Crippen LogP contribution is 2.47. The number of benzene rings is 7. The van der Waals surface area contributed by atoms with Crippen LogP contribution in [0, 0.1) is 6.92 Å². The third-order valence-corrected chi connectivity index (χ3v) is 10.9. The molecule has 0 saturated carbocycles. The number of fused-ring (bicyclic) bond motifs is 4. The van der Waals surface area contributed by atoms with Crippen molar-refractivity contribution in [2.24, 2.45) is 0 Å². The Morgan fingerprint density at radius 3 is 1.83 bits per heavy atom. The minimum Gasteiger partial charge on any atom is -0.294 e. The molecule has 0 saturated heterocycles. The van der Waals surface area contributed by atoms with E-state index in [-0.39, 0.29) is 0 Å². The van der Waals surface area contributed by atoms with Crippen molar-refractivity contribution in [2.45, 2.75) is 12.3 Å². The highest BCUT2D eigenvalue weighted by molar-refractivity contribution is 6.09. The molecule has 10 aromatic rings. The summed E-state index contributed by atoms with van der Waals surface area (Å²) in [7, 11) is 0. The third-order valence-electron chi connectivity index (χ3n) is 10.9. The van der Waals surface area contributed by atoms with E-state index >= 15 is 0 Å². The molecule has 4 heteroatoms. The second kappa shape index (κ2) is 12.9. The molecule has 0 aliphatic heterocycles. The standard InChI is InChI=1S/C50H37N4/c1-36-30-31-51-49(32-36)54-45-25-12-11-24-43(45)44-29-28-40(34-48(44)54)50(37-16-5-2-6-17-37,38-18-7-3-8-19-38)39-20-15-23-42(33-39)53-35-52(41-21-9-4-10-22-41)46-26-13-14-27-47(46)53/h2-35H,1H3/q+1. The van der Waals surface area contributed by atoms with E-state index in [4.69, 9.17) is 4.98 Å². The Bertz CT molecular complexity index is 2900. The van der Waals surface area contributed by atoms with E-state index in [1.165, 1.54) is 38.6 Å². The van der Waals surface area contributed by atoms with Crippen LogP contribution in [0.2, 0.25) is 0 Å². The normalized spacial score (nSPS) is 11.8. The predicted molar refractivity (Wildman–Crippen MR) is 220 cm³/mol. The summed E-state index contributed by atoms with van der Waals surface area (Å²) in [5.41, 5.74) is 12.0. The molecule has 0 atom stereocenters. The van der Waals surface area contributed by atoms with Crippen molar-refractivity contribution >= 4 is 32.8 Å². The lowest BCUT2D eigenvalue weighted by atomic mass is 9.65. The monoisotopic (exact) mass is 693 g/mol. The maximum Gasteiger partial charge on any atom is 0.255 e. The Labute approximate surface area is 314 Å². The second-order valence-electron chi connectivity index (χ2n) is 14.0. The lowest BCUT2D eigenvalue weighted by molar-refractivity contribution is -0.567. The van der Waals surface area contributed by atoms with Crippen molar-refractivity contribution < 1.29 is 4.57 Å². The van der Waals surface area contributed by atoms with Crippen LogP contribution in [0.5, 0.6) is 0 Å². The SMILES string of the molecule is Cc1ccnc(-n2c3ccccc3c3ccc(C(c4ccccc4)(c4ccccc4)c4cccc(-n5c[n+](-c6ccccc6)c6ccccc65)c4)cc32)c1. The van der Waals surface area contributed by atoms with E-state index in [1.807, 2.05) is 6.20 Å². The number of rotatable bonds is 7. The molecule has 0 unspecified atom stereocenters. The average Bonchev–Trinajstić information content (AvgIpc) is 3.79. The number of nitrogens with zero attached hydrogens (tertiary/aromatic N) is 4. The highest BCUT2D eigenvalue weighted by atomic mass is 15.1. The number of para-hydroxylation sites is 4. The molecule has 3 aromatic heterocycles. The molecule has 256 valence electrons. The van der Waals surface area contributed by atoms with Gasteiger partial charge in [-0.05, 0) is 95.4 Å². The van der Waals surface area contributed by atoms with Gasteiger partial charge in [-0.1, -0.05) is 133 Å². The Kier molecular flexibility index (Phi) is 7.55. The minimum atomic E-state index is -0.660. The fraction of sp³-hybridized carbons (Fsp3) is 0.0400. The van der Waals surface area contributed by atoms with Crippen molar-refractivity contribution in [1.82, 2.24) is 14.1 Å². The van der Waals surface area contributed by atoms with E-state index < -0.39 is 5.41 Å². The minimum absolute atomic E-state index is 0.660. The van der Waals surface area contributed by atoms with Crippen LogP contribution in [-0.4, -0.2) is 14.1 Å². The zero-order chi connectivity index (χ0) is 36.1. The lowest BCUT2D eigenvalue weighted by Gasteiger charge is -2.37. The second-order valence-corrected chi connectivity index (χ2v) is 14.0.